The number of carbonyl (C=O) groups excluding carboxylic acids is 5. The van der Waals surface area contributed by atoms with Crippen LogP contribution in [0.1, 0.15) is 144 Å². The minimum absolute atomic E-state index is 0.0208. The topological polar surface area (TPSA) is 209 Å². The van der Waals surface area contributed by atoms with Gasteiger partial charge >= 0.3 is 17.9 Å². The SMILES string of the molecule is CCC(C)(C)C(=O)NCCCCCNC(=O)CCCCOC(=O)C1CCCCC1C(=O)O.CCC(C)(C)C(=O)NCCN(C)C(=O)C1CCCCC1C(=O)O. The fourth-order valence-electron chi connectivity index (χ4n) is 6.57. The predicted molar refractivity (Wildman–Crippen MR) is 210 cm³/mol. The lowest BCUT2D eigenvalue weighted by atomic mass is 9.78. The summed E-state index contributed by atoms with van der Waals surface area (Å²) in [5.41, 5.74) is -0.747. The lowest BCUT2D eigenvalue weighted by Gasteiger charge is -2.31. The summed E-state index contributed by atoms with van der Waals surface area (Å²) in [6.45, 7) is 13.9. The number of aliphatic carboxylic acids is 2. The van der Waals surface area contributed by atoms with Gasteiger partial charge in [0.05, 0.1) is 30.3 Å². The van der Waals surface area contributed by atoms with Crippen molar-refractivity contribution in [3.8, 4) is 0 Å². The van der Waals surface area contributed by atoms with E-state index in [9.17, 15) is 43.8 Å². The van der Waals surface area contributed by atoms with Gasteiger partial charge in [0, 0.05) is 50.5 Å². The van der Waals surface area contributed by atoms with Crippen LogP contribution in [0.25, 0.3) is 0 Å². The molecule has 0 spiro atoms. The monoisotopic (exact) mass is 781 g/mol. The Bertz CT molecular complexity index is 1250. The first kappa shape index (κ1) is 49.3. The van der Waals surface area contributed by atoms with Crippen LogP contribution >= 0.6 is 0 Å². The molecule has 4 atom stereocenters. The fourth-order valence-corrected chi connectivity index (χ4v) is 6.57. The van der Waals surface area contributed by atoms with Crippen LogP contribution in [0, 0.1) is 34.5 Å². The molecule has 2 aliphatic rings. The van der Waals surface area contributed by atoms with Crippen molar-refractivity contribution in [2.45, 2.75) is 144 Å². The molecular formula is C41H72N4O10. The van der Waals surface area contributed by atoms with Crippen LogP contribution in [0.2, 0.25) is 0 Å². The first-order valence-corrected chi connectivity index (χ1v) is 20.6. The molecule has 0 aromatic heterocycles. The first-order valence-electron chi connectivity index (χ1n) is 20.6. The van der Waals surface area contributed by atoms with Crippen LogP contribution in [0.4, 0.5) is 0 Å². The summed E-state index contributed by atoms with van der Waals surface area (Å²) in [6.07, 6.45) is 11.6. The summed E-state index contributed by atoms with van der Waals surface area (Å²) < 4.78 is 5.26. The van der Waals surface area contributed by atoms with Gasteiger partial charge in [-0.25, -0.2) is 0 Å². The second kappa shape index (κ2) is 25.4. The fraction of sp³-hybridized carbons (Fsp3) is 0.829. The maximum absolute atomic E-state index is 12.5. The third-order valence-corrected chi connectivity index (χ3v) is 11.4. The molecule has 0 aliphatic heterocycles. The Morgan fingerprint density at radius 3 is 1.58 bits per heavy atom. The standard InChI is InChI=1S/C24H42N2O6.C17H30N2O4/c1-4-24(2,3)23(31)26-16-10-5-9-15-25-20(27)14-8-11-17-32-22(30)19-13-7-6-12-18(19)21(28)29;1-5-17(2,3)16(23)18-10-11-19(4)14(20)12-8-6-7-9-13(12)15(21)22/h18-19H,4-17H2,1-3H3,(H,25,27)(H,26,31)(H,28,29);12-13H,5-11H2,1-4H3,(H,18,23)(H,21,22). The highest BCUT2D eigenvalue weighted by Crippen LogP contribution is 2.32. The maximum Gasteiger partial charge on any atom is 0.309 e. The molecule has 55 heavy (non-hydrogen) atoms. The van der Waals surface area contributed by atoms with E-state index in [1.54, 1.807) is 11.9 Å². The van der Waals surface area contributed by atoms with Crippen LogP contribution in [-0.4, -0.2) is 96.5 Å². The minimum Gasteiger partial charge on any atom is -0.481 e. The van der Waals surface area contributed by atoms with Crippen molar-refractivity contribution >= 4 is 41.5 Å². The maximum atomic E-state index is 12.5. The molecule has 2 fully saturated rings. The van der Waals surface area contributed by atoms with Crippen LogP contribution in [0.5, 0.6) is 0 Å². The van der Waals surface area contributed by atoms with E-state index in [4.69, 9.17) is 4.74 Å². The number of likely N-dealkylation sites (N-methyl/N-ethyl adjacent to an activating group) is 1. The van der Waals surface area contributed by atoms with Crippen molar-refractivity contribution in [3.05, 3.63) is 0 Å². The minimum atomic E-state index is -0.923. The van der Waals surface area contributed by atoms with Crippen molar-refractivity contribution in [2.75, 3.05) is 39.8 Å². The molecule has 2 aliphatic carbocycles. The first-order chi connectivity index (χ1) is 25.9. The van der Waals surface area contributed by atoms with Crippen molar-refractivity contribution in [3.63, 3.8) is 0 Å². The van der Waals surface area contributed by atoms with E-state index in [-0.39, 0.29) is 35.7 Å². The molecule has 14 heteroatoms. The van der Waals surface area contributed by atoms with Gasteiger partial charge in [0.2, 0.25) is 23.6 Å². The van der Waals surface area contributed by atoms with E-state index < -0.39 is 47.0 Å². The van der Waals surface area contributed by atoms with Gasteiger partial charge < -0.3 is 35.8 Å². The molecule has 2 rings (SSSR count). The van der Waals surface area contributed by atoms with Crippen LogP contribution in [0.15, 0.2) is 0 Å². The van der Waals surface area contributed by atoms with Gasteiger partial charge in [-0.3, -0.25) is 33.6 Å². The number of carboxylic acid groups (broad SMARTS) is 2. The molecule has 0 bridgehead atoms. The third kappa shape index (κ3) is 18.2. The zero-order valence-electron chi connectivity index (χ0n) is 34.8. The van der Waals surface area contributed by atoms with Gasteiger partial charge in [0.25, 0.3) is 0 Å². The number of nitrogens with zero attached hydrogens (tertiary/aromatic N) is 1. The second-order valence-electron chi connectivity index (χ2n) is 16.5. The van der Waals surface area contributed by atoms with Crippen LogP contribution in [-0.2, 0) is 38.3 Å². The molecule has 0 saturated heterocycles. The summed E-state index contributed by atoms with van der Waals surface area (Å²) in [5, 5.41) is 27.2. The van der Waals surface area contributed by atoms with Crippen molar-refractivity contribution in [2.24, 2.45) is 34.5 Å². The molecule has 0 aromatic carbocycles. The Labute approximate surface area is 329 Å². The van der Waals surface area contributed by atoms with E-state index in [0.717, 1.165) is 57.8 Å². The number of carbonyl (C=O) groups is 7. The predicted octanol–water partition coefficient (Wildman–Crippen LogP) is 5.32. The smallest absolute Gasteiger partial charge is 0.309 e. The Kier molecular flexibility index (Phi) is 22.8. The van der Waals surface area contributed by atoms with E-state index in [2.05, 4.69) is 16.0 Å². The molecule has 4 unspecified atom stereocenters. The number of hydrogen-bond donors (Lipinski definition) is 5. The van der Waals surface area contributed by atoms with E-state index in [1.807, 2.05) is 41.5 Å². The molecular weight excluding hydrogens is 708 g/mol. The average Bonchev–Trinajstić information content (AvgIpc) is 3.16. The lowest BCUT2D eigenvalue weighted by molar-refractivity contribution is -0.159. The number of hydrogen-bond acceptors (Lipinski definition) is 8. The molecule has 0 heterocycles. The number of esters is 1. The Morgan fingerprint density at radius 1 is 0.618 bits per heavy atom. The molecule has 0 aromatic rings. The van der Waals surface area contributed by atoms with E-state index in [0.29, 0.717) is 71.1 Å². The molecule has 2 saturated carbocycles. The highest BCUT2D eigenvalue weighted by Gasteiger charge is 2.38. The Balaban J connectivity index is 0.000000580. The number of ether oxygens (including phenoxy) is 1. The number of amides is 4. The Morgan fingerprint density at radius 2 is 1.07 bits per heavy atom. The number of nitrogens with one attached hydrogen (secondary N) is 3. The van der Waals surface area contributed by atoms with Crippen LogP contribution < -0.4 is 16.0 Å². The van der Waals surface area contributed by atoms with Gasteiger partial charge in [-0.1, -0.05) is 67.2 Å². The van der Waals surface area contributed by atoms with Crippen molar-refractivity contribution in [1.29, 1.82) is 0 Å². The van der Waals surface area contributed by atoms with Gasteiger partial charge in [0.15, 0.2) is 0 Å². The summed E-state index contributed by atoms with van der Waals surface area (Å²) in [7, 11) is 1.67. The average molecular weight is 781 g/mol. The zero-order valence-corrected chi connectivity index (χ0v) is 34.8. The Hall–Kier alpha value is -3.71. The normalized spacial score (nSPS) is 19.8. The largest absolute Gasteiger partial charge is 0.481 e. The highest BCUT2D eigenvalue weighted by molar-refractivity contribution is 5.85. The number of unbranched alkanes of at least 4 members (excludes halogenated alkanes) is 3. The summed E-state index contributed by atoms with van der Waals surface area (Å²) in [5.74, 6) is -4.51. The highest BCUT2D eigenvalue weighted by atomic mass is 16.5. The van der Waals surface area contributed by atoms with Gasteiger partial charge in [-0.05, 0) is 70.6 Å². The molecule has 14 nitrogen and oxygen atoms in total. The number of rotatable bonds is 22. The summed E-state index contributed by atoms with van der Waals surface area (Å²) in [6, 6.07) is 0. The molecule has 4 amide bonds. The van der Waals surface area contributed by atoms with E-state index in [1.165, 1.54) is 0 Å². The summed E-state index contributed by atoms with van der Waals surface area (Å²) >= 11 is 0. The third-order valence-electron chi connectivity index (χ3n) is 11.4. The number of carboxylic acids is 2. The van der Waals surface area contributed by atoms with Crippen molar-refractivity contribution < 1.29 is 48.5 Å². The quantitative estimate of drug-likeness (QED) is 0.0706. The van der Waals surface area contributed by atoms with Crippen LogP contribution in [0.3, 0.4) is 0 Å². The second-order valence-corrected chi connectivity index (χ2v) is 16.5. The van der Waals surface area contributed by atoms with E-state index >= 15 is 0 Å². The lowest BCUT2D eigenvalue weighted by Crippen LogP contribution is -2.45. The molecule has 0 radical (unpaired) electrons. The van der Waals surface area contributed by atoms with Gasteiger partial charge in [0.1, 0.15) is 0 Å². The van der Waals surface area contributed by atoms with Gasteiger partial charge in [-0.15, -0.1) is 0 Å². The van der Waals surface area contributed by atoms with Gasteiger partial charge in [-0.2, -0.15) is 0 Å². The summed E-state index contributed by atoms with van der Waals surface area (Å²) in [4.78, 5) is 84.7. The zero-order chi connectivity index (χ0) is 41.6. The molecule has 5 N–H and O–H groups in total. The molecule has 316 valence electrons. The van der Waals surface area contributed by atoms with Crippen molar-refractivity contribution in [1.82, 2.24) is 20.9 Å².